The van der Waals surface area contributed by atoms with E-state index in [-0.39, 0.29) is 5.54 Å². The smallest absolute Gasteiger partial charge is 0.00966 e. The number of rotatable bonds is 3. The van der Waals surface area contributed by atoms with Gasteiger partial charge in [0, 0.05) is 15.3 Å². The van der Waals surface area contributed by atoms with Gasteiger partial charge in [0.25, 0.3) is 0 Å². The van der Waals surface area contributed by atoms with Gasteiger partial charge in [-0.15, -0.1) is 11.3 Å². The quantitative estimate of drug-likeness (QED) is 0.834. The second-order valence-electron chi connectivity index (χ2n) is 6.73. The van der Waals surface area contributed by atoms with Crippen LogP contribution in [-0.2, 0) is 0 Å². The molecule has 0 spiro atoms. The summed E-state index contributed by atoms with van der Waals surface area (Å²) in [6.07, 6.45) is 5.60. The van der Waals surface area contributed by atoms with Crippen molar-refractivity contribution in [2.24, 2.45) is 5.92 Å². The zero-order chi connectivity index (χ0) is 13.2. The van der Waals surface area contributed by atoms with Gasteiger partial charge >= 0.3 is 0 Å². The molecule has 1 saturated carbocycles. The molecular weight excluding hydrogens is 238 g/mol. The molecular formula is C16H27NS. The van der Waals surface area contributed by atoms with Crippen molar-refractivity contribution in [3.8, 4) is 0 Å². The zero-order valence-electron chi connectivity index (χ0n) is 12.3. The molecule has 1 aliphatic carbocycles. The van der Waals surface area contributed by atoms with Gasteiger partial charge in [0.2, 0.25) is 0 Å². The summed E-state index contributed by atoms with van der Waals surface area (Å²) in [6, 6.07) is 4.64. The summed E-state index contributed by atoms with van der Waals surface area (Å²) in [7, 11) is 0. The minimum absolute atomic E-state index is 0.243. The molecule has 2 unspecified atom stereocenters. The lowest BCUT2D eigenvalue weighted by Crippen LogP contribution is -2.41. The topological polar surface area (TPSA) is 12.0 Å². The van der Waals surface area contributed by atoms with E-state index < -0.39 is 0 Å². The molecule has 1 N–H and O–H groups in total. The predicted octanol–water partition coefficient (Wildman–Crippen LogP) is 4.72. The van der Waals surface area contributed by atoms with E-state index >= 15 is 0 Å². The third-order valence-electron chi connectivity index (χ3n) is 3.93. The molecule has 1 aromatic heterocycles. The van der Waals surface area contributed by atoms with Crippen molar-refractivity contribution >= 4 is 11.3 Å². The van der Waals surface area contributed by atoms with Gasteiger partial charge in [-0.3, -0.25) is 0 Å². The van der Waals surface area contributed by atoms with Gasteiger partial charge in [0.1, 0.15) is 0 Å². The highest BCUT2D eigenvalue weighted by Crippen LogP contribution is 2.40. The standard InChI is InChI=1S/C16H27NS/c1-12-9-10-15(18-12)14-8-6-5-7-13(14)11-17-16(2,3)4/h9-10,13-14,17H,5-8,11H2,1-4H3. The number of hydrogen-bond acceptors (Lipinski definition) is 2. The Labute approximate surface area is 116 Å². The molecule has 1 aromatic rings. The number of thiophene rings is 1. The molecule has 2 heteroatoms. The summed E-state index contributed by atoms with van der Waals surface area (Å²) < 4.78 is 0. The highest BCUT2D eigenvalue weighted by atomic mass is 32.1. The number of nitrogens with one attached hydrogen (secondary N) is 1. The van der Waals surface area contributed by atoms with E-state index in [1.165, 1.54) is 37.1 Å². The summed E-state index contributed by atoms with van der Waals surface area (Å²) in [5, 5.41) is 3.70. The van der Waals surface area contributed by atoms with Crippen LogP contribution in [0.25, 0.3) is 0 Å². The van der Waals surface area contributed by atoms with Crippen LogP contribution in [0.15, 0.2) is 12.1 Å². The maximum atomic E-state index is 3.70. The molecule has 1 fully saturated rings. The third kappa shape index (κ3) is 3.83. The van der Waals surface area contributed by atoms with Crippen molar-refractivity contribution in [2.75, 3.05) is 6.54 Å². The Morgan fingerprint density at radius 3 is 2.56 bits per heavy atom. The van der Waals surface area contributed by atoms with Gasteiger partial charge < -0.3 is 5.32 Å². The van der Waals surface area contributed by atoms with Crippen molar-refractivity contribution in [2.45, 2.75) is 64.8 Å². The highest BCUT2D eigenvalue weighted by molar-refractivity contribution is 7.12. The van der Waals surface area contributed by atoms with Gasteiger partial charge in [-0.2, -0.15) is 0 Å². The molecule has 0 bridgehead atoms. The van der Waals surface area contributed by atoms with E-state index in [1.54, 1.807) is 4.88 Å². The fraction of sp³-hybridized carbons (Fsp3) is 0.750. The van der Waals surface area contributed by atoms with Crippen LogP contribution >= 0.6 is 11.3 Å². The number of aryl methyl sites for hydroxylation is 1. The molecule has 0 aromatic carbocycles. The van der Waals surface area contributed by atoms with Crippen LogP contribution < -0.4 is 5.32 Å². The summed E-state index contributed by atoms with van der Waals surface area (Å²) in [5.74, 6) is 1.63. The number of hydrogen-bond donors (Lipinski definition) is 1. The Balaban J connectivity index is 2.02. The van der Waals surface area contributed by atoms with Crippen LogP contribution in [-0.4, -0.2) is 12.1 Å². The van der Waals surface area contributed by atoms with E-state index in [0.717, 1.165) is 11.8 Å². The summed E-state index contributed by atoms with van der Waals surface area (Å²) in [4.78, 5) is 3.08. The molecule has 0 aliphatic heterocycles. The molecule has 1 nitrogen and oxygen atoms in total. The molecule has 2 atom stereocenters. The van der Waals surface area contributed by atoms with Crippen molar-refractivity contribution in [1.29, 1.82) is 0 Å². The van der Waals surface area contributed by atoms with E-state index in [1.807, 2.05) is 11.3 Å². The van der Waals surface area contributed by atoms with E-state index in [9.17, 15) is 0 Å². The first-order valence-electron chi connectivity index (χ1n) is 7.27. The van der Waals surface area contributed by atoms with Gasteiger partial charge in [-0.05, 0) is 71.0 Å². The molecule has 2 rings (SSSR count). The van der Waals surface area contributed by atoms with E-state index in [4.69, 9.17) is 0 Å². The van der Waals surface area contributed by atoms with Gasteiger partial charge in [0.05, 0.1) is 0 Å². The van der Waals surface area contributed by atoms with Crippen molar-refractivity contribution in [3.63, 3.8) is 0 Å². The van der Waals surface area contributed by atoms with Crippen LogP contribution in [0.4, 0.5) is 0 Å². The summed E-state index contributed by atoms with van der Waals surface area (Å²) in [5.41, 5.74) is 0.243. The molecule has 0 radical (unpaired) electrons. The minimum atomic E-state index is 0.243. The Morgan fingerprint density at radius 1 is 1.22 bits per heavy atom. The van der Waals surface area contributed by atoms with Crippen LogP contribution in [0.2, 0.25) is 0 Å². The normalized spacial score (nSPS) is 25.3. The Morgan fingerprint density at radius 2 is 1.94 bits per heavy atom. The summed E-state index contributed by atoms with van der Waals surface area (Å²) >= 11 is 2.00. The molecule has 102 valence electrons. The van der Waals surface area contributed by atoms with Crippen molar-refractivity contribution in [3.05, 3.63) is 21.9 Å². The average molecular weight is 265 g/mol. The Hall–Kier alpha value is -0.340. The van der Waals surface area contributed by atoms with Crippen LogP contribution in [0.5, 0.6) is 0 Å². The Bertz CT molecular complexity index is 375. The fourth-order valence-electron chi connectivity index (χ4n) is 2.92. The first-order chi connectivity index (χ1) is 8.46. The van der Waals surface area contributed by atoms with Crippen LogP contribution in [0.3, 0.4) is 0 Å². The van der Waals surface area contributed by atoms with Gasteiger partial charge in [0.15, 0.2) is 0 Å². The van der Waals surface area contributed by atoms with E-state index in [2.05, 4.69) is 45.1 Å². The lowest BCUT2D eigenvalue weighted by atomic mass is 9.78. The molecule has 18 heavy (non-hydrogen) atoms. The van der Waals surface area contributed by atoms with Crippen LogP contribution in [0, 0.1) is 12.8 Å². The van der Waals surface area contributed by atoms with E-state index in [0.29, 0.717) is 0 Å². The molecule has 0 amide bonds. The second kappa shape index (κ2) is 5.75. The van der Waals surface area contributed by atoms with Crippen molar-refractivity contribution in [1.82, 2.24) is 5.32 Å². The van der Waals surface area contributed by atoms with Crippen molar-refractivity contribution < 1.29 is 0 Å². The predicted molar refractivity (Wildman–Crippen MR) is 81.5 cm³/mol. The lowest BCUT2D eigenvalue weighted by Gasteiger charge is -2.33. The monoisotopic (exact) mass is 265 g/mol. The molecule has 0 saturated heterocycles. The molecule has 1 aliphatic rings. The third-order valence-corrected chi connectivity index (χ3v) is 5.06. The maximum absolute atomic E-state index is 3.70. The largest absolute Gasteiger partial charge is 0.312 e. The van der Waals surface area contributed by atoms with Gasteiger partial charge in [-0.1, -0.05) is 12.8 Å². The SMILES string of the molecule is Cc1ccc(C2CCCCC2CNC(C)(C)C)s1. The van der Waals surface area contributed by atoms with Crippen LogP contribution in [0.1, 0.15) is 62.1 Å². The fourth-order valence-corrected chi connectivity index (χ4v) is 4.02. The minimum Gasteiger partial charge on any atom is -0.312 e. The lowest BCUT2D eigenvalue weighted by molar-refractivity contribution is 0.272. The first kappa shape index (κ1) is 14.1. The first-order valence-corrected chi connectivity index (χ1v) is 8.09. The summed E-state index contributed by atoms with van der Waals surface area (Å²) in [6.45, 7) is 10.2. The molecule has 1 heterocycles. The highest BCUT2D eigenvalue weighted by Gasteiger charge is 2.28. The zero-order valence-corrected chi connectivity index (χ0v) is 13.1. The Kier molecular flexibility index (Phi) is 4.50. The second-order valence-corrected chi connectivity index (χ2v) is 8.05. The maximum Gasteiger partial charge on any atom is 0.00966 e. The van der Waals surface area contributed by atoms with Gasteiger partial charge in [-0.25, -0.2) is 0 Å². The average Bonchev–Trinajstić information content (AvgIpc) is 2.72.